The first-order valence-corrected chi connectivity index (χ1v) is 6.83. The van der Waals surface area contributed by atoms with Gasteiger partial charge < -0.3 is 15.2 Å². The van der Waals surface area contributed by atoms with Gasteiger partial charge in [0, 0.05) is 5.69 Å². The van der Waals surface area contributed by atoms with Crippen LogP contribution >= 0.6 is 0 Å². The summed E-state index contributed by atoms with van der Waals surface area (Å²) in [6, 6.07) is 12.7. The average molecular weight is 285 g/mol. The highest BCUT2D eigenvalue weighted by molar-refractivity contribution is 5.95. The van der Waals surface area contributed by atoms with E-state index in [2.05, 4.69) is 5.32 Å². The Balaban J connectivity index is 2.22. The quantitative estimate of drug-likeness (QED) is 0.863. The highest BCUT2D eigenvalue weighted by atomic mass is 16.5. The molecule has 0 aliphatic rings. The molecule has 0 saturated heterocycles. The topological polar surface area (TPSA) is 58.6 Å². The van der Waals surface area contributed by atoms with Crippen LogP contribution in [0.25, 0.3) is 0 Å². The number of rotatable bonds is 5. The van der Waals surface area contributed by atoms with Gasteiger partial charge in [-0.1, -0.05) is 6.07 Å². The zero-order valence-electron chi connectivity index (χ0n) is 12.4. The molecule has 0 amide bonds. The largest absolute Gasteiger partial charge is 0.491 e. The number of anilines is 2. The molecule has 21 heavy (non-hydrogen) atoms. The number of aryl methyl sites for hydroxylation is 1. The van der Waals surface area contributed by atoms with Crippen LogP contribution in [-0.4, -0.2) is 17.2 Å². The molecule has 0 unspecified atom stereocenters. The summed E-state index contributed by atoms with van der Waals surface area (Å²) in [4.78, 5) is 11.2. The summed E-state index contributed by atoms with van der Waals surface area (Å²) in [5.41, 5.74) is 2.66. The summed E-state index contributed by atoms with van der Waals surface area (Å²) in [6.07, 6.45) is 0.124. The van der Waals surface area contributed by atoms with E-state index in [1.165, 1.54) is 0 Å². The van der Waals surface area contributed by atoms with Gasteiger partial charge in [0.15, 0.2) is 0 Å². The highest BCUT2D eigenvalue weighted by Gasteiger charge is 2.10. The van der Waals surface area contributed by atoms with E-state index in [1.807, 2.05) is 51.1 Å². The maximum Gasteiger partial charge on any atom is 0.337 e. The van der Waals surface area contributed by atoms with Gasteiger partial charge in [-0.05, 0) is 62.7 Å². The monoisotopic (exact) mass is 285 g/mol. The molecule has 0 spiro atoms. The number of hydrogen-bond donors (Lipinski definition) is 2. The Morgan fingerprint density at radius 3 is 2.38 bits per heavy atom. The van der Waals surface area contributed by atoms with Crippen LogP contribution in [0.3, 0.4) is 0 Å². The van der Waals surface area contributed by atoms with Crippen LogP contribution in [-0.2, 0) is 0 Å². The molecular formula is C17H19NO3. The van der Waals surface area contributed by atoms with E-state index in [9.17, 15) is 9.90 Å². The van der Waals surface area contributed by atoms with Crippen molar-refractivity contribution >= 4 is 17.3 Å². The maximum atomic E-state index is 11.2. The third kappa shape index (κ3) is 3.99. The molecule has 0 bridgehead atoms. The Bertz CT molecular complexity index is 633. The molecule has 2 aromatic carbocycles. The number of benzene rings is 2. The summed E-state index contributed by atoms with van der Waals surface area (Å²) >= 11 is 0. The lowest BCUT2D eigenvalue weighted by atomic mass is 10.1. The summed E-state index contributed by atoms with van der Waals surface area (Å²) in [7, 11) is 0. The number of ether oxygens (including phenoxy) is 1. The molecular weight excluding hydrogens is 266 g/mol. The predicted molar refractivity (Wildman–Crippen MR) is 83.6 cm³/mol. The van der Waals surface area contributed by atoms with Crippen LogP contribution in [0.1, 0.15) is 29.8 Å². The molecule has 0 heterocycles. The first-order chi connectivity index (χ1) is 9.95. The van der Waals surface area contributed by atoms with Gasteiger partial charge in [-0.3, -0.25) is 0 Å². The Morgan fingerprint density at radius 2 is 1.81 bits per heavy atom. The molecule has 0 fully saturated rings. The maximum absolute atomic E-state index is 11.2. The number of carbonyl (C=O) groups is 1. The van der Waals surface area contributed by atoms with E-state index in [4.69, 9.17) is 4.74 Å². The van der Waals surface area contributed by atoms with Gasteiger partial charge in [0.05, 0.1) is 17.4 Å². The molecule has 0 aromatic heterocycles. The minimum Gasteiger partial charge on any atom is -0.491 e. The van der Waals surface area contributed by atoms with E-state index in [0.29, 0.717) is 5.69 Å². The van der Waals surface area contributed by atoms with Gasteiger partial charge in [0.2, 0.25) is 0 Å². The van der Waals surface area contributed by atoms with Crippen LogP contribution in [0.4, 0.5) is 11.4 Å². The van der Waals surface area contributed by atoms with Crippen LogP contribution in [0.2, 0.25) is 0 Å². The van der Waals surface area contributed by atoms with E-state index in [-0.39, 0.29) is 11.7 Å². The van der Waals surface area contributed by atoms with Gasteiger partial charge in [0.1, 0.15) is 5.75 Å². The Hall–Kier alpha value is -2.49. The molecule has 2 N–H and O–H groups in total. The molecule has 2 rings (SSSR count). The summed E-state index contributed by atoms with van der Waals surface area (Å²) in [5.74, 6) is -0.157. The fourth-order valence-electron chi connectivity index (χ4n) is 1.99. The lowest BCUT2D eigenvalue weighted by Crippen LogP contribution is -2.05. The summed E-state index contributed by atoms with van der Waals surface area (Å²) < 4.78 is 5.58. The van der Waals surface area contributed by atoms with E-state index in [0.717, 1.165) is 17.0 Å². The van der Waals surface area contributed by atoms with E-state index < -0.39 is 5.97 Å². The van der Waals surface area contributed by atoms with Crippen molar-refractivity contribution in [2.24, 2.45) is 0 Å². The van der Waals surface area contributed by atoms with Crippen molar-refractivity contribution in [1.82, 2.24) is 0 Å². The summed E-state index contributed by atoms with van der Waals surface area (Å²) in [6.45, 7) is 5.87. The molecule has 0 saturated carbocycles. The lowest BCUT2D eigenvalue weighted by molar-refractivity contribution is 0.0698. The second kappa shape index (κ2) is 6.31. The third-order valence-corrected chi connectivity index (χ3v) is 2.91. The minimum atomic E-state index is -0.947. The Morgan fingerprint density at radius 1 is 1.14 bits per heavy atom. The van der Waals surface area contributed by atoms with Crippen molar-refractivity contribution in [1.29, 1.82) is 0 Å². The van der Waals surface area contributed by atoms with Crippen LogP contribution < -0.4 is 10.1 Å². The molecule has 0 radical (unpaired) electrons. The molecule has 0 aliphatic carbocycles. The SMILES string of the molecule is Cc1ccc(C(=O)O)c(Nc2ccc(OC(C)C)cc2)c1. The molecule has 4 nitrogen and oxygen atoms in total. The fraction of sp³-hybridized carbons (Fsp3) is 0.235. The van der Waals surface area contributed by atoms with Gasteiger partial charge in [0.25, 0.3) is 0 Å². The van der Waals surface area contributed by atoms with Crippen molar-refractivity contribution in [2.75, 3.05) is 5.32 Å². The first kappa shape index (κ1) is 14.9. The summed E-state index contributed by atoms with van der Waals surface area (Å²) in [5, 5.41) is 12.4. The number of aromatic carboxylic acids is 1. The van der Waals surface area contributed by atoms with Crippen LogP contribution in [0, 0.1) is 6.92 Å². The number of nitrogens with one attached hydrogen (secondary N) is 1. The highest BCUT2D eigenvalue weighted by Crippen LogP contribution is 2.24. The van der Waals surface area contributed by atoms with Gasteiger partial charge in [-0.15, -0.1) is 0 Å². The second-order valence-corrected chi connectivity index (χ2v) is 5.17. The normalized spacial score (nSPS) is 10.5. The molecule has 0 atom stereocenters. The van der Waals surface area contributed by atoms with Crippen LogP contribution in [0.15, 0.2) is 42.5 Å². The van der Waals surface area contributed by atoms with Crippen molar-refractivity contribution in [3.05, 3.63) is 53.6 Å². The first-order valence-electron chi connectivity index (χ1n) is 6.83. The molecule has 110 valence electrons. The Kier molecular flexibility index (Phi) is 4.48. The lowest BCUT2D eigenvalue weighted by Gasteiger charge is -2.13. The molecule has 0 aliphatic heterocycles. The third-order valence-electron chi connectivity index (χ3n) is 2.91. The molecule has 2 aromatic rings. The minimum absolute atomic E-state index is 0.124. The number of carboxylic acid groups (broad SMARTS) is 1. The number of hydrogen-bond acceptors (Lipinski definition) is 3. The van der Waals surface area contributed by atoms with Gasteiger partial charge in [-0.2, -0.15) is 0 Å². The van der Waals surface area contributed by atoms with Crippen molar-refractivity contribution < 1.29 is 14.6 Å². The van der Waals surface area contributed by atoms with Crippen molar-refractivity contribution in [3.63, 3.8) is 0 Å². The molecule has 4 heteroatoms. The van der Waals surface area contributed by atoms with Gasteiger partial charge in [-0.25, -0.2) is 4.79 Å². The van der Waals surface area contributed by atoms with Crippen molar-refractivity contribution in [3.8, 4) is 5.75 Å². The second-order valence-electron chi connectivity index (χ2n) is 5.17. The van der Waals surface area contributed by atoms with Gasteiger partial charge >= 0.3 is 5.97 Å². The zero-order chi connectivity index (χ0) is 15.4. The number of carboxylic acids is 1. The fourth-order valence-corrected chi connectivity index (χ4v) is 1.99. The Labute approximate surface area is 124 Å². The van der Waals surface area contributed by atoms with E-state index >= 15 is 0 Å². The van der Waals surface area contributed by atoms with Crippen molar-refractivity contribution in [2.45, 2.75) is 26.9 Å². The average Bonchev–Trinajstić information content (AvgIpc) is 2.40. The standard InChI is InChI=1S/C17H19NO3/c1-11(2)21-14-7-5-13(6-8-14)18-16-10-12(3)4-9-15(16)17(19)20/h4-11,18H,1-3H3,(H,19,20). The smallest absolute Gasteiger partial charge is 0.337 e. The van der Waals surface area contributed by atoms with E-state index in [1.54, 1.807) is 12.1 Å². The zero-order valence-corrected chi connectivity index (χ0v) is 12.4. The van der Waals surface area contributed by atoms with Crippen LogP contribution in [0.5, 0.6) is 5.75 Å². The predicted octanol–water partition coefficient (Wildman–Crippen LogP) is 4.22.